The van der Waals surface area contributed by atoms with Crippen molar-refractivity contribution in [3.05, 3.63) is 80.4 Å². The summed E-state index contributed by atoms with van der Waals surface area (Å²) in [5, 5.41) is 21.0. The van der Waals surface area contributed by atoms with E-state index in [9.17, 15) is 22.8 Å². The second kappa shape index (κ2) is 12.6. The van der Waals surface area contributed by atoms with Gasteiger partial charge in [0.05, 0.1) is 27.7 Å². The fourth-order valence-corrected chi connectivity index (χ4v) is 5.05. The first-order chi connectivity index (χ1) is 20.5. The van der Waals surface area contributed by atoms with Crippen molar-refractivity contribution in [1.82, 2.24) is 35.3 Å². The second-order valence-electron chi connectivity index (χ2n) is 11.4. The molecule has 4 rings (SSSR count). The highest BCUT2D eigenvalue weighted by atomic mass is 35.5. The zero-order valence-electron chi connectivity index (χ0n) is 24.8. The van der Waals surface area contributed by atoms with Crippen LogP contribution >= 0.6 is 23.2 Å². The van der Waals surface area contributed by atoms with Crippen molar-refractivity contribution in [2.45, 2.75) is 72.1 Å². The monoisotopic (exact) mass is 650 g/mol. The molecule has 0 aliphatic heterocycles. The Morgan fingerprint density at radius 3 is 2.39 bits per heavy atom. The first-order valence-corrected chi connectivity index (χ1v) is 14.4. The number of carbonyl (C=O) groups excluding carboxylic acids is 2. The molecular weight excluding hydrogens is 620 g/mol. The van der Waals surface area contributed by atoms with Gasteiger partial charge in [0.25, 0.3) is 17.6 Å². The van der Waals surface area contributed by atoms with Crippen molar-refractivity contribution >= 4 is 46.4 Å². The second-order valence-corrected chi connectivity index (χ2v) is 12.2. The van der Waals surface area contributed by atoms with E-state index in [2.05, 4.69) is 31.1 Å². The van der Waals surface area contributed by atoms with E-state index in [1.165, 1.54) is 23.7 Å². The summed E-state index contributed by atoms with van der Waals surface area (Å²) < 4.78 is 40.8. The summed E-state index contributed by atoms with van der Waals surface area (Å²) in [6.45, 7) is 10.5. The van der Waals surface area contributed by atoms with Gasteiger partial charge in [-0.25, -0.2) is 4.68 Å². The molecule has 1 atom stereocenters. The Morgan fingerprint density at radius 2 is 1.75 bits per heavy atom. The maximum atomic E-state index is 14.0. The number of alkyl halides is 3. The van der Waals surface area contributed by atoms with Crippen LogP contribution in [0, 0.1) is 6.92 Å². The summed E-state index contributed by atoms with van der Waals surface area (Å²) in [6.07, 6.45) is 1.93. The summed E-state index contributed by atoms with van der Waals surface area (Å²) in [6, 6.07) is 3.53. The quantitative estimate of drug-likeness (QED) is 0.298. The van der Waals surface area contributed by atoms with Gasteiger partial charge in [-0.1, -0.05) is 35.4 Å². The lowest BCUT2D eigenvalue weighted by atomic mass is 10.0. The Kier molecular flexibility index (Phi) is 9.40. The van der Waals surface area contributed by atoms with Crippen LogP contribution < -0.4 is 10.6 Å². The van der Waals surface area contributed by atoms with Crippen LogP contribution in [-0.4, -0.2) is 47.3 Å². The van der Waals surface area contributed by atoms with E-state index < -0.39 is 35.4 Å². The number of halogens is 5. The highest BCUT2D eigenvalue weighted by Crippen LogP contribution is 2.33. The number of allylic oxidation sites excluding steroid dienone is 6. The van der Waals surface area contributed by atoms with Gasteiger partial charge in [0.2, 0.25) is 0 Å². The number of hydrogen-bond donors (Lipinski definition) is 2. The smallest absolute Gasteiger partial charge is 0.347 e. The molecule has 0 fully saturated rings. The number of nitrogens with one attached hydrogen (secondary N) is 2. The first kappa shape index (κ1) is 32.9. The summed E-state index contributed by atoms with van der Waals surface area (Å²) >= 11 is 13.0. The number of nitrogens with zero attached hydrogens (tertiary/aromatic N) is 6. The summed E-state index contributed by atoms with van der Waals surface area (Å²) in [4.78, 5) is 28.0. The molecule has 0 radical (unpaired) electrons. The molecule has 3 aromatic rings. The molecule has 1 aliphatic carbocycles. The van der Waals surface area contributed by atoms with Gasteiger partial charge in [0, 0.05) is 10.6 Å². The van der Waals surface area contributed by atoms with E-state index in [0.717, 1.165) is 10.4 Å². The Balaban J connectivity index is 1.84. The largest absolute Gasteiger partial charge is 0.455 e. The number of benzene rings is 1. The number of hydrogen-bond acceptors (Lipinski definition) is 6. The molecule has 234 valence electrons. The van der Waals surface area contributed by atoms with Gasteiger partial charge in [0.15, 0.2) is 0 Å². The van der Waals surface area contributed by atoms with Crippen molar-refractivity contribution in [1.29, 1.82) is 0 Å². The lowest BCUT2D eigenvalue weighted by molar-refractivity contribution is -0.145. The number of anilines is 1. The van der Waals surface area contributed by atoms with Crippen LogP contribution in [0.4, 0.5) is 18.9 Å². The highest BCUT2D eigenvalue weighted by Gasteiger charge is 2.37. The van der Waals surface area contributed by atoms with Gasteiger partial charge < -0.3 is 10.6 Å². The number of aryl methyl sites for hydroxylation is 1. The molecule has 1 unspecified atom stereocenters. The predicted molar refractivity (Wildman–Crippen MR) is 161 cm³/mol. The number of carbonyl (C=O) groups is 2. The maximum Gasteiger partial charge on any atom is 0.455 e. The van der Waals surface area contributed by atoms with Crippen molar-refractivity contribution in [3.63, 3.8) is 0 Å². The predicted octanol–water partition coefficient (Wildman–Crippen LogP) is 6.94. The van der Waals surface area contributed by atoms with Crippen LogP contribution in [0.1, 0.15) is 91.4 Å². The zero-order chi connectivity index (χ0) is 32.6. The molecule has 0 saturated heterocycles. The van der Waals surface area contributed by atoms with Crippen molar-refractivity contribution < 1.29 is 22.8 Å². The average Bonchev–Trinajstić information content (AvgIpc) is 3.56. The highest BCUT2D eigenvalue weighted by molar-refractivity contribution is 6.36. The molecule has 10 nitrogen and oxygen atoms in total. The minimum absolute atomic E-state index is 0.00462. The Hall–Kier alpha value is -3.97. The normalized spacial score (nSPS) is 15.0. The molecule has 2 aromatic heterocycles. The molecular formula is C29H31Cl2F3N8O2. The molecule has 15 heteroatoms. The van der Waals surface area contributed by atoms with Crippen molar-refractivity contribution in [3.8, 4) is 0 Å². The topological polar surface area (TPSA) is 120 Å². The van der Waals surface area contributed by atoms with E-state index in [0.29, 0.717) is 34.2 Å². The van der Waals surface area contributed by atoms with Crippen LogP contribution in [0.5, 0.6) is 0 Å². The van der Waals surface area contributed by atoms with Crippen molar-refractivity contribution in [2.24, 2.45) is 0 Å². The van der Waals surface area contributed by atoms with Gasteiger partial charge in [-0.3, -0.25) is 9.59 Å². The Morgan fingerprint density at radius 1 is 1.05 bits per heavy atom. The third kappa shape index (κ3) is 7.39. The molecule has 2 amide bonds. The lowest BCUT2D eigenvalue weighted by Gasteiger charge is -2.22. The van der Waals surface area contributed by atoms with Gasteiger partial charge in [0.1, 0.15) is 11.7 Å². The molecule has 0 bridgehead atoms. The number of amides is 2. The third-order valence-corrected chi connectivity index (χ3v) is 7.12. The van der Waals surface area contributed by atoms with Crippen LogP contribution in [0.25, 0.3) is 5.70 Å². The van der Waals surface area contributed by atoms with Crippen LogP contribution in [0.3, 0.4) is 0 Å². The van der Waals surface area contributed by atoms with Crippen molar-refractivity contribution in [2.75, 3.05) is 5.32 Å². The van der Waals surface area contributed by atoms with Gasteiger partial charge in [-0.2, -0.15) is 23.1 Å². The fourth-order valence-electron chi connectivity index (χ4n) is 4.46. The molecule has 2 heterocycles. The van der Waals surface area contributed by atoms with Crippen LogP contribution in [0.15, 0.2) is 47.0 Å². The lowest BCUT2D eigenvalue weighted by Crippen LogP contribution is -2.41. The SMILES string of the molecule is CC1=C(n2nc(C(C)n3nnc(C(F)(F)F)n3)cc2C(=O)Nc2c(C)cc(Cl)cc2C(=O)NC(C)(C)C)C(Cl)=CC=CCC1. The van der Waals surface area contributed by atoms with E-state index >= 15 is 0 Å². The first-order valence-electron chi connectivity index (χ1n) is 13.6. The van der Waals surface area contributed by atoms with Gasteiger partial charge in [-0.05, 0) is 95.0 Å². The van der Waals surface area contributed by atoms with Crippen LogP contribution in [-0.2, 0) is 6.18 Å². The van der Waals surface area contributed by atoms with E-state index in [1.807, 2.05) is 33.8 Å². The third-order valence-electron chi connectivity index (χ3n) is 6.60. The maximum absolute atomic E-state index is 14.0. The summed E-state index contributed by atoms with van der Waals surface area (Å²) in [5.74, 6) is -2.51. The standard InChI is InChI=1S/C29H31Cl2F3N8O2/c1-15-10-8-7-9-11-20(31)24(15)41-22(14-21(38-41)17(3)42-39-27(37-40-42)29(32,33)34)26(44)35-23-16(2)12-18(30)13-19(23)25(43)36-28(4,5)6/h7,9,11-14,17H,8,10H2,1-6H3,(H,35,44)(H,36,43). The molecule has 0 saturated carbocycles. The Labute approximate surface area is 262 Å². The number of rotatable bonds is 6. The Bertz CT molecular complexity index is 1700. The van der Waals surface area contributed by atoms with Gasteiger partial charge in [-0.15, -0.1) is 10.2 Å². The summed E-state index contributed by atoms with van der Waals surface area (Å²) in [5.41, 5.74) is 1.75. The van der Waals surface area contributed by atoms with Crippen LogP contribution in [0.2, 0.25) is 5.02 Å². The van der Waals surface area contributed by atoms with E-state index in [1.54, 1.807) is 25.1 Å². The minimum Gasteiger partial charge on any atom is -0.347 e. The number of aromatic nitrogens is 6. The average molecular weight is 652 g/mol. The number of tetrazole rings is 1. The van der Waals surface area contributed by atoms with E-state index in [4.69, 9.17) is 23.2 Å². The fraction of sp³-hybridized carbons (Fsp3) is 0.379. The summed E-state index contributed by atoms with van der Waals surface area (Å²) in [7, 11) is 0. The van der Waals surface area contributed by atoms with Gasteiger partial charge >= 0.3 is 6.18 Å². The molecule has 1 aromatic carbocycles. The molecule has 2 N–H and O–H groups in total. The molecule has 0 spiro atoms. The van der Waals surface area contributed by atoms with E-state index in [-0.39, 0.29) is 22.6 Å². The molecule has 44 heavy (non-hydrogen) atoms. The molecule has 1 aliphatic rings. The zero-order valence-corrected chi connectivity index (χ0v) is 26.4. The minimum atomic E-state index is -4.79.